The first-order valence-corrected chi connectivity index (χ1v) is 4.65. The van der Waals surface area contributed by atoms with E-state index in [-0.39, 0.29) is 5.82 Å². The number of nitrogen functional groups attached to an aromatic ring is 2. The fourth-order valence-electron chi connectivity index (χ4n) is 1.40. The summed E-state index contributed by atoms with van der Waals surface area (Å²) in [7, 11) is 0. The van der Waals surface area contributed by atoms with Crippen LogP contribution >= 0.6 is 11.6 Å². The van der Waals surface area contributed by atoms with Gasteiger partial charge in [-0.15, -0.1) is 5.10 Å². The van der Waals surface area contributed by atoms with E-state index < -0.39 is 0 Å². The van der Waals surface area contributed by atoms with Crippen LogP contribution in [0.1, 0.15) is 30.9 Å². The van der Waals surface area contributed by atoms with Gasteiger partial charge in [0.1, 0.15) is 0 Å². The van der Waals surface area contributed by atoms with Gasteiger partial charge in [0.25, 0.3) is 0 Å². The molecule has 0 radical (unpaired) electrons. The van der Waals surface area contributed by atoms with E-state index in [0.717, 1.165) is 18.5 Å². The van der Waals surface area contributed by atoms with Crippen LogP contribution < -0.4 is 11.5 Å². The molecule has 1 aliphatic carbocycles. The van der Waals surface area contributed by atoms with E-state index in [1.807, 2.05) is 0 Å². The molecule has 4 N–H and O–H groups in total. The van der Waals surface area contributed by atoms with Crippen LogP contribution in [0.3, 0.4) is 0 Å². The van der Waals surface area contributed by atoms with Gasteiger partial charge in [0.2, 0.25) is 0 Å². The number of aromatic nitrogens is 2. The zero-order valence-corrected chi connectivity index (χ0v) is 7.88. The van der Waals surface area contributed by atoms with Gasteiger partial charge < -0.3 is 11.5 Å². The summed E-state index contributed by atoms with van der Waals surface area (Å²) in [6.45, 7) is 0. The maximum atomic E-state index is 6.00. The minimum atomic E-state index is 0.216. The van der Waals surface area contributed by atoms with Gasteiger partial charge >= 0.3 is 0 Å². The number of hydrogen-bond acceptors (Lipinski definition) is 4. The van der Waals surface area contributed by atoms with Gasteiger partial charge in [-0.2, -0.15) is 5.10 Å². The molecule has 0 spiro atoms. The minimum absolute atomic E-state index is 0.216. The standard InChI is InChI=1S/C8H11ClN4/c9-5-6(10)8(11)13-12-7(5)4-2-1-3-4/h4H,1-3H2,(H2,10,12)(H2,11,13). The van der Waals surface area contributed by atoms with Crippen LogP contribution in [0.15, 0.2) is 0 Å². The van der Waals surface area contributed by atoms with E-state index in [4.69, 9.17) is 23.1 Å². The van der Waals surface area contributed by atoms with Crippen LogP contribution in [-0.2, 0) is 0 Å². The highest BCUT2D eigenvalue weighted by atomic mass is 35.5. The number of anilines is 2. The smallest absolute Gasteiger partial charge is 0.170 e. The summed E-state index contributed by atoms with van der Waals surface area (Å²) < 4.78 is 0. The first-order chi connectivity index (χ1) is 6.20. The van der Waals surface area contributed by atoms with Gasteiger partial charge in [-0.05, 0) is 12.8 Å². The third-order valence-electron chi connectivity index (χ3n) is 2.49. The molecule has 5 heteroatoms. The van der Waals surface area contributed by atoms with Gasteiger partial charge in [-0.25, -0.2) is 0 Å². The molecular formula is C8H11ClN4. The van der Waals surface area contributed by atoms with E-state index >= 15 is 0 Å². The molecule has 1 aliphatic rings. The number of nitrogens with two attached hydrogens (primary N) is 2. The second-order valence-electron chi connectivity index (χ2n) is 3.33. The van der Waals surface area contributed by atoms with Crippen molar-refractivity contribution in [3.63, 3.8) is 0 Å². The Morgan fingerprint density at radius 3 is 2.46 bits per heavy atom. The second kappa shape index (κ2) is 3.03. The lowest BCUT2D eigenvalue weighted by molar-refractivity contribution is 0.408. The molecule has 0 unspecified atom stereocenters. The maximum Gasteiger partial charge on any atom is 0.170 e. The van der Waals surface area contributed by atoms with Crippen molar-refractivity contribution in [3.8, 4) is 0 Å². The Morgan fingerprint density at radius 1 is 1.23 bits per heavy atom. The average Bonchev–Trinajstić information content (AvgIpc) is 2.03. The van der Waals surface area contributed by atoms with E-state index in [1.54, 1.807) is 0 Å². The average molecular weight is 199 g/mol. The molecule has 1 fully saturated rings. The normalized spacial score (nSPS) is 17.0. The van der Waals surface area contributed by atoms with E-state index in [2.05, 4.69) is 10.2 Å². The SMILES string of the molecule is Nc1nnc(C2CCC2)c(Cl)c1N. The van der Waals surface area contributed by atoms with Crippen molar-refractivity contribution in [2.45, 2.75) is 25.2 Å². The second-order valence-corrected chi connectivity index (χ2v) is 3.70. The molecule has 0 aromatic carbocycles. The summed E-state index contributed by atoms with van der Waals surface area (Å²) in [5, 5.41) is 8.22. The van der Waals surface area contributed by atoms with Gasteiger partial charge in [0.05, 0.1) is 16.4 Å². The summed E-state index contributed by atoms with van der Waals surface area (Å²) in [4.78, 5) is 0. The van der Waals surface area contributed by atoms with Crippen LogP contribution in [0, 0.1) is 0 Å². The Balaban J connectivity index is 2.41. The zero-order valence-electron chi connectivity index (χ0n) is 7.13. The van der Waals surface area contributed by atoms with E-state index in [9.17, 15) is 0 Å². The quantitative estimate of drug-likeness (QED) is 0.718. The Hall–Kier alpha value is -1.03. The van der Waals surface area contributed by atoms with Gasteiger partial charge in [0, 0.05) is 5.92 Å². The zero-order chi connectivity index (χ0) is 9.42. The third kappa shape index (κ3) is 1.31. The molecule has 0 saturated heterocycles. The number of halogens is 1. The predicted molar refractivity (Wildman–Crippen MR) is 52.5 cm³/mol. The van der Waals surface area contributed by atoms with Crippen molar-refractivity contribution in [1.29, 1.82) is 0 Å². The monoisotopic (exact) mass is 198 g/mol. The van der Waals surface area contributed by atoms with Crippen LogP contribution in [-0.4, -0.2) is 10.2 Å². The van der Waals surface area contributed by atoms with Crippen LogP contribution in [0.25, 0.3) is 0 Å². The summed E-state index contributed by atoms with van der Waals surface area (Å²) in [6.07, 6.45) is 3.47. The van der Waals surface area contributed by atoms with Gasteiger partial charge in [-0.3, -0.25) is 0 Å². The topological polar surface area (TPSA) is 77.8 Å². The first kappa shape index (κ1) is 8.56. The molecule has 1 heterocycles. The molecular weight excluding hydrogens is 188 g/mol. The van der Waals surface area contributed by atoms with Crippen molar-refractivity contribution in [2.75, 3.05) is 11.5 Å². The van der Waals surface area contributed by atoms with Gasteiger partial charge in [0.15, 0.2) is 5.82 Å². The highest BCUT2D eigenvalue weighted by Crippen LogP contribution is 2.40. The Labute approximate surface area is 81.3 Å². The Morgan fingerprint density at radius 2 is 1.92 bits per heavy atom. The Kier molecular flexibility index (Phi) is 2.00. The number of nitrogens with zero attached hydrogens (tertiary/aromatic N) is 2. The predicted octanol–water partition coefficient (Wildman–Crippen LogP) is 1.56. The molecule has 13 heavy (non-hydrogen) atoms. The van der Waals surface area contributed by atoms with Crippen molar-refractivity contribution >= 4 is 23.1 Å². The lowest BCUT2D eigenvalue weighted by atomic mass is 9.83. The van der Waals surface area contributed by atoms with Gasteiger partial charge in [-0.1, -0.05) is 18.0 Å². The first-order valence-electron chi connectivity index (χ1n) is 4.27. The molecule has 0 aliphatic heterocycles. The van der Waals surface area contributed by atoms with E-state index in [1.165, 1.54) is 6.42 Å². The number of hydrogen-bond donors (Lipinski definition) is 2. The third-order valence-corrected chi connectivity index (χ3v) is 2.89. The molecule has 1 aromatic heterocycles. The minimum Gasteiger partial charge on any atom is -0.394 e. The van der Waals surface area contributed by atoms with Crippen LogP contribution in [0.4, 0.5) is 11.5 Å². The molecule has 0 atom stereocenters. The van der Waals surface area contributed by atoms with Crippen LogP contribution in [0.5, 0.6) is 0 Å². The van der Waals surface area contributed by atoms with Crippen LogP contribution in [0.2, 0.25) is 5.02 Å². The summed E-state index contributed by atoms with van der Waals surface area (Å²) in [5.74, 6) is 0.649. The summed E-state index contributed by atoms with van der Waals surface area (Å²) in [6, 6.07) is 0. The van der Waals surface area contributed by atoms with Crippen molar-refractivity contribution in [2.24, 2.45) is 0 Å². The highest BCUT2D eigenvalue weighted by molar-refractivity contribution is 6.34. The van der Waals surface area contributed by atoms with Crippen molar-refractivity contribution in [3.05, 3.63) is 10.7 Å². The molecule has 0 bridgehead atoms. The summed E-state index contributed by atoms with van der Waals surface area (Å²) >= 11 is 6.00. The fraction of sp³-hybridized carbons (Fsp3) is 0.500. The molecule has 70 valence electrons. The lowest BCUT2D eigenvalue weighted by Gasteiger charge is -2.25. The maximum absolute atomic E-state index is 6.00. The lowest BCUT2D eigenvalue weighted by Crippen LogP contribution is -2.14. The Bertz CT molecular complexity index is 335. The molecule has 4 nitrogen and oxygen atoms in total. The molecule has 0 amide bonds. The highest BCUT2D eigenvalue weighted by Gasteiger charge is 2.25. The molecule has 2 rings (SSSR count). The van der Waals surface area contributed by atoms with Crippen molar-refractivity contribution < 1.29 is 0 Å². The van der Waals surface area contributed by atoms with E-state index in [0.29, 0.717) is 16.6 Å². The largest absolute Gasteiger partial charge is 0.394 e. The fourth-order valence-corrected chi connectivity index (χ4v) is 1.69. The molecule has 1 aromatic rings. The number of rotatable bonds is 1. The summed E-state index contributed by atoms with van der Waals surface area (Å²) in [5.41, 5.74) is 12.3. The molecule has 1 saturated carbocycles. The van der Waals surface area contributed by atoms with Crippen molar-refractivity contribution in [1.82, 2.24) is 10.2 Å².